The zero-order valence-corrected chi connectivity index (χ0v) is 16.1. The molecule has 0 radical (unpaired) electrons. The average molecular weight is 413 g/mol. The topological polar surface area (TPSA) is 60.7 Å². The van der Waals surface area contributed by atoms with Gasteiger partial charge < -0.3 is 9.30 Å². The van der Waals surface area contributed by atoms with Gasteiger partial charge in [0.05, 0.1) is 27.6 Å². The molecular weight excluding hydrogens is 399 g/mol. The highest BCUT2D eigenvalue weighted by molar-refractivity contribution is 7.16. The van der Waals surface area contributed by atoms with Crippen LogP contribution in [0.1, 0.15) is 11.8 Å². The van der Waals surface area contributed by atoms with Crippen LogP contribution in [0.3, 0.4) is 0 Å². The summed E-state index contributed by atoms with van der Waals surface area (Å²) in [5.41, 5.74) is 0.233. The number of nitrogens with zero attached hydrogens (tertiary/aromatic N) is 2. The zero-order valence-electron chi connectivity index (χ0n) is 13.7. The van der Waals surface area contributed by atoms with Gasteiger partial charge in [0.15, 0.2) is 4.80 Å². The van der Waals surface area contributed by atoms with Crippen LogP contribution < -0.4 is 4.80 Å². The summed E-state index contributed by atoms with van der Waals surface area (Å²) >= 11 is 8.32. The molecule has 0 aliphatic carbocycles. The highest BCUT2D eigenvalue weighted by Crippen LogP contribution is 2.23. The van der Waals surface area contributed by atoms with Crippen molar-refractivity contribution < 1.29 is 18.7 Å². The van der Waals surface area contributed by atoms with E-state index in [1.54, 1.807) is 31.2 Å². The van der Waals surface area contributed by atoms with E-state index in [0.717, 1.165) is 16.2 Å². The Hall–Kier alpha value is -2.03. The molecule has 0 saturated heterocycles. The van der Waals surface area contributed by atoms with Crippen molar-refractivity contribution in [3.05, 3.63) is 50.2 Å². The van der Waals surface area contributed by atoms with Crippen molar-refractivity contribution in [3.63, 3.8) is 0 Å². The van der Waals surface area contributed by atoms with Gasteiger partial charge in [0.25, 0.3) is 5.91 Å². The highest BCUT2D eigenvalue weighted by Gasteiger charge is 2.15. The molecule has 26 heavy (non-hydrogen) atoms. The number of thiazole rings is 1. The molecule has 0 saturated carbocycles. The summed E-state index contributed by atoms with van der Waals surface area (Å²) in [5, 5.41) is 0. The summed E-state index contributed by atoms with van der Waals surface area (Å²) < 4.78 is 21.8. The Bertz CT molecular complexity index is 1040. The van der Waals surface area contributed by atoms with Crippen molar-refractivity contribution in [1.29, 1.82) is 0 Å². The van der Waals surface area contributed by atoms with Crippen molar-refractivity contribution in [2.24, 2.45) is 4.99 Å². The minimum atomic E-state index is -0.519. The number of benzene rings is 1. The van der Waals surface area contributed by atoms with E-state index in [1.165, 1.54) is 22.0 Å². The van der Waals surface area contributed by atoms with E-state index in [1.807, 2.05) is 0 Å². The molecule has 0 N–H and O–H groups in total. The number of fused-ring (bicyclic) bond motifs is 1. The summed E-state index contributed by atoms with van der Waals surface area (Å²) in [6, 6.07) is 8.06. The predicted octanol–water partition coefficient (Wildman–Crippen LogP) is 3.79. The minimum absolute atomic E-state index is 0.0908. The van der Waals surface area contributed by atoms with Crippen molar-refractivity contribution in [3.8, 4) is 0 Å². The van der Waals surface area contributed by atoms with Gasteiger partial charge in [-0.3, -0.25) is 9.59 Å². The number of ether oxygens (including phenoxy) is 1. The maximum Gasteiger partial charge on any atom is 0.326 e. The third-order valence-corrected chi connectivity index (χ3v) is 5.69. The number of carbonyl (C=O) groups is 2. The normalized spacial score (nSPS) is 11.9. The number of aromatic nitrogens is 1. The molecule has 2 heterocycles. The number of halogens is 2. The Labute approximate surface area is 161 Å². The number of hydrogen-bond donors (Lipinski definition) is 0. The SMILES string of the molecule is CCOC(=O)Cn1c(=NC(=O)Cc2ccc(Cl)s2)sc2cccc(F)c21. The minimum Gasteiger partial charge on any atom is -0.465 e. The summed E-state index contributed by atoms with van der Waals surface area (Å²) in [5.74, 6) is -1.40. The average Bonchev–Trinajstić information content (AvgIpc) is 3.12. The largest absolute Gasteiger partial charge is 0.465 e. The number of esters is 1. The summed E-state index contributed by atoms with van der Waals surface area (Å²) in [6.07, 6.45) is 0.0908. The second-order valence-corrected chi connectivity index (χ2v) is 8.06. The lowest BCUT2D eigenvalue weighted by atomic mass is 10.3. The molecule has 0 bridgehead atoms. The molecule has 3 rings (SSSR count). The lowest BCUT2D eigenvalue weighted by molar-refractivity contribution is -0.143. The molecule has 3 aromatic rings. The molecule has 0 atom stereocenters. The van der Waals surface area contributed by atoms with E-state index in [-0.39, 0.29) is 29.9 Å². The van der Waals surface area contributed by atoms with Gasteiger partial charge in [-0.2, -0.15) is 4.99 Å². The first-order valence-corrected chi connectivity index (χ1v) is 9.74. The van der Waals surface area contributed by atoms with E-state index in [0.29, 0.717) is 9.04 Å². The van der Waals surface area contributed by atoms with Gasteiger partial charge >= 0.3 is 5.97 Å². The third-order valence-electron chi connectivity index (χ3n) is 3.42. The van der Waals surface area contributed by atoms with Crippen LogP contribution in [0.25, 0.3) is 10.2 Å². The monoisotopic (exact) mass is 412 g/mol. The third kappa shape index (κ3) is 4.20. The second kappa shape index (κ2) is 8.11. The van der Waals surface area contributed by atoms with Gasteiger partial charge in [0, 0.05) is 4.88 Å². The standard InChI is InChI=1S/C17H14ClFN2O3S2/c1-2-24-15(23)9-21-16-11(19)4-3-5-12(16)26-17(21)20-14(22)8-10-6-7-13(18)25-10/h3-7H,2,8-9H2,1H3. The van der Waals surface area contributed by atoms with Crippen LogP contribution in [0.2, 0.25) is 4.34 Å². The highest BCUT2D eigenvalue weighted by atomic mass is 35.5. The molecule has 0 spiro atoms. The fourth-order valence-corrected chi connectivity index (χ4v) is 4.54. The molecule has 0 aliphatic rings. The Morgan fingerprint density at radius 3 is 2.77 bits per heavy atom. The van der Waals surface area contributed by atoms with E-state index < -0.39 is 17.7 Å². The smallest absolute Gasteiger partial charge is 0.326 e. The second-order valence-electron chi connectivity index (χ2n) is 5.25. The van der Waals surface area contributed by atoms with Gasteiger partial charge in [-0.25, -0.2) is 4.39 Å². The van der Waals surface area contributed by atoms with Gasteiger partial charge in [0.1, 0.15) is 12.4 Å². The van der Waals surface area contributed by atoms with Gasteiger partial charge in [0.2, 0.25) is 0 Å². The molecule has 2 aromatic heterocycles. The van der Waals surface area contributed by atoms with Crippen LogP contribution in [0, 0.1) is 5.82 Å². The molecule has 1 aromatic carbocycles. The summed E-state index contributed by atoms with van der Waals surface area (Å²) in [7, 11) is 0. The molecule has 136 valence electrons. The van der Waals surface area contributed by atoms with Crippen LogP contribution in [0.4, 0.5) is 4.39 Å². The molecule has 0 fully saturated rings. The maximum atomic E-state index is 14.3. The number of hydrogen-bond acceptors (Lipinski definition) is 5. The fourth-order valence-electron chi connectivity index (χ4n) is 2.40. The van der Waals surface area contributed by atoms with Crippen LogP contribution in [-0.4, -0.2) is 23.1 Å². The fraction of sp³-hybridized carbons (Fsp3) is 0.235. The molecule has 0 aliphatic heterocycles. The number of carbonyl (C=O) groups excluding carboxylic acids is 2. The van der Waals surface area contributed by atoms with Crippen LogP contribution in [0.5, 0.6) is 0 Å². The Kier molecular flexibility index (Phi) is 5.85. The first-order chi connectivity index (χ1) is 12.5. The first-order valence-electron chi connectivity index (χ1n) is 7.73. The quantitative estimate of drug-likeness (QED) is 0.599. The summed E-state index contributed by atoms with van der Waals surface area (Å²) in [4.78, 5) is 29.3. The summed E-state index contributed by atoms with van der Waals surface area (Å²) in [6.45, 7) is 1.69. The van der Waals surface area contributed by atoms with Crippen LogP contribution in [0.15, 0.2) is 35.3 Å². The van der Waals surface area contributed by atoms with Crippen LogP contribution >= 0.6 is 34.3 Å². The first kappa shape index (κ1) is 18.8. The maximum absolute atomic E-state index is 14.3. The van der Waals surface area contributed by atoms with Crippen molar-refractivity contribution in [2.45, 2.75) is 19.9 Å². The van der Waals surface area contributed by atoms with Gasteiger partial charge in [-0.1, -0.05) is 29.0 Å². The molecule has 5 nitrogen and oxygen atoms in total. The van der Waals surface area contributed by atoms with E-state index in [4.69, 9.17) is 16.3 Å². The van der Waals surface area contributed by atoms with Crippen molar-refractivity contribution in [1.82, 2.24) is 4.57 Å². The predicted molar refractivity (Wildman–Crippen MR) is 100 cm³/mol. The lowest BCUT2D eigenvalue weighted by Gasteiger charge is -2.05. The van der Waals surface area contributed by atoms with E-state index >= 15 is 0 Å². The molecule has 9 heteroatoms. The van der Waals surface area contributed by atoms with E-state index in [9.17, 15) is 14.0 Å². The van der Waals surface area contributed by atoms with Gasteiger partial charge in [-0.15, -0.1) is 11.3 Å². The van der Waals surface area contributed by atoms with Crippen molar-refractivity contribution in [2.75, 3.05) is 6.61 Å². The Morgan fingerprint density at radius 2 is 2.08 bits per heavy atom. The Morgan fingerprint density at radius 1 is 1.27 bits per heavy atom. The number of para-hydroxylation sites is 1. The Balaban J connectivity index is 2.01. The zero-order chi connectivity index (χ0) is 18.7. The van der Waals surface area contributed by atoms with Gasteiger partial charge in [-0.05, 0) is 31.2 Å². The lowest BCUT2D eigenvalue weighted by Crippen LogP contribution is -2.23. The van der Waals surface area contributed by atoms with Crippen molar-refractivity contribution >= 4 is 56.4 Å². The number of thiophene rings is 1. The molecule has 0 unspecified atom stereocenters. The number of amides is 1. The molecule has 1 amide bonds. The number of rotatable bonds is 5. The molecular formula is C17H14ClFN2O3S2. The van der Waals surface area contributed by atoms with E-state index in [2.05, 4.69) is 4.99 Å². The van der Waals surface area contributed by atoms with Crippen LogP contribution in [-0.2, 0) is 27.3 Å².